The molecule has 0 bridgehead atoms. The maximum absolute atomic E-state index is 5.21. The van der Waals surface area contributed by atoms with Gasteiger partial charge in [-0.1, -0.05) is 19.1 Å². The van der Waals surface area contributed by atoms with Crippen molar-refractivity contribution in [1.82, 2.24) is 15.1 Å². The minimum absolute atomic E-state index is 0.429. The van der Waals surface area contributed by atoms with Gasteiger partial charge in [0.2, 0.25) is 0 Å². The topological polar surface area (TPSA) is 39.1 Å². The van der Waals surface area contributed by atoms with Crippen molar-refractivity contribution >= 4 is 0 Å². The van der Waals surface area contributed by atoms with Crippen LogP contribution >= 0.6 is 0 Å². The third-order valence-corrected chi connectivity index (χ3v) is 3.63. The van der Waals surface area contributed by atoms with Gasteiger partial charge in [0.05, 0.1) is 13.3 Å². The second-order valence-corrected chi connectivity index (χ2v) is 5.22. The largest absolute Gasteiger partial charge is 0.497 e. The lowest BCUT2D eigenvalue weighted by atomic mass is 10.0. The lowest BCUT2D eigenvalue weighted by Crippen LogP contribution is -2.32. The second-order valence-electron chi connectivity index (χ2n) is 5.22. The van der Waals surface area contributed by atoms with Crippen LogP contribution in [0, 0.1) is 0 Å². The maximum atomic E-state index is 5.21. The number of nitrogens with zero attached hydrogens (tertiary/aromatic N) is 2. The third-order valence-electron chi connectivity index (χ3n) is 3.63. The molecule has 1 aromatic heterocycles. The predicted molar refractivity (Wildman–Crippen MR) is 85.8 cm³/mol. The molecular weight excluding hydrogens is 262 g/mol. The summed E-state index contributed by atoms with van der Waals surface area (Å²) in [6.07, 6.45) is 6.12. The Bertz CT molecular complexity index is 533. The fraction of sp³-hybridized carbons (Fsp3) is 0.471. The highest BCUT2D eigenvalue weighted by Gasteiger charge is 2.11. The molecule has 1 heterocycles. The van der Waals surface area contributed by atoms with Gasteiger partial charge in [0.15, 0.2) is 0 Å². The molecule has 1 aromatic carbocycles. The molecule has 0 radical (unpaired) electrons. The number of nitrogens with one attached hydrogen (secondary N) is 1. The Kier molecular flexibility index (Phi) is 5.81. The van der Waals surface area contributed by atoms with Crippen LogP contribution in [0.1, 0.15) is 25.0 Å². The summed E-state index contributed by atoms with van der Waals surface area (Å²) in [6, 6.07) is 8.75. The molecule has 1 N–H and O–H groups in total. The van der Waals surface area contributed by atoms with E-state index in [2.05, 4.69) is 42.6 Å². The molecule has 1 unspecified atom stereocenters. The number of aromatic nitrogens is 2. The first-order chi connectivity index (χ1) is 10.2. The molecule has 0 spiro atoms. The van der Waals surface area contributed by atoms with Gasteiger partial charge in [-0.15, -0.1) is 0 Å². The molecule has 21 heavy (non-hydrogen) atoms. The molecule has 0 fully saturated rings. The van der Waals surface area contributed by atoms with Crippen LogP contribution in [-0.2, 0) is 19.4 Å². The van der Waals surface area contributed by atoms with Gasteiger partial charge >= 0.3 is 0 Å². The highest BCUT2D eigenvalue weighted by Crippen LogP contribution is 2.14. The van der Waals surface area contributed by atoms with E-state index in [0.717, 1.165) is 31.7 Å². The van der Waals surface area contributed by atoms with Gasteiger partial charge in [0.1, 0.15) is 5.75 Å². The van der Waals surface area contributed by atoms with Crippen LogP contribution in [0.25, 0.3) is 0 Å². The predicted octanol–water partition coefficient (Wildman–Crippen LogP) is 2.67. The fourth-order valence-corrected chi connectivity index (χ4v) is 2.52. The average Bonchev–Trinajstić information content (AvgIpc) is 2.96. The zero-order valence-corrected chi connectivity index (χ0v) is 13.2. The molecule has 0 aliphatic carbocycles. The van der Waals surface area contributed by atoms with E-state index >= 15 is 0 Å². The van der Waals surface area contributed by atoms with Crippen LogP contribution in [0.4, 0.5) is 0 Å². The number of ether oxygens (including phenoxy) is 1. The highest BCUT2D eigenvalue weighted by atomic mass is 16.5. The van der Waals surface area contributed by atoms with Crippen LogP contribution < -0.4 is 10.1 Å². The molecule has 4 nitrogen and oxygen atoms in total. The second kappa shape index (κ2) is 7.84. The first-order valence-corrected chi connectivity index (χ1v) is 7.62. The molecule has 2 rings (SSSR count). The van der Waals surface area contributed by atoms with Crippen LogP contribution in [0.2, 0.25) is 0 Å². The van der Waals surface area contributed by atoms with Crippen molar-refractivity contribution in [2.24, 2.45) is 0 Å². The Labute approximate surface area is 127 Å². The molecular formula is C17H25N3O. The summed E-state index contributed by atoms with van der Waals surface area (Å²) in [7, 11) is 1.70. The van der Waals surface area contributed by atoms with Gasteiger partial charge in [-0.3, -0.25) is 4.68 Å². The number of methoxy groups -OCH3 is 1. The van der Waals surface area contributed by atoms with Gasteiger partial charge in [0, 0.05) is 18.8 Å². The van der Waals surface area contributed by atoms with E-state index in [4.69, 9.17) is 4.74 Å². The number of likely N-dealkylation sites (N-methyl/N-ethyl adjacent to an activating group) is 1. The molecule has 0 saturated carbocycles. The lowest BCUT2D eigenvalue weighted by Gasteiger charge is -2.17. The van der Waals surface area contributed by atoms with E-state index in [1.54, 1.807) is 7.11 Å². The van der Waals surface area contributed by atoms with E-state index in [0.29, 0.717) is 6.04 Å². The van der Waals surface area contributed by atoms with Gasteiger partial charge in [0.25, 0.3) is 0 Å². The zero-order valence-electron chi connectivity index (χ0n) is 13.2. The summed E-state index contributed by atoms with van der Waals surface area (Å²) >= 11 is 0. The van der Waals surface area contributed by atoms with Crippen LogP contribution in [-0.4, -0.2) is 29.5 Å². The molecule has 114 valence electrons. The SMILES string of the molecule is CCNC(Cc1ccc(OC)cc1)Cc1cnn(CC)c1. The minimum Gasteiger partial charge on any atom is -0.497 e. The monoisotopic (exact) mass is 287 g/mol. The van der Waals surface area contributed by atoms with Gasteiger partial charge in [-0.05, 0) is 49.6 Å². The van der Waals surface area contributed by atoms with E-state index in [1.807, 2.05) is 23.0 Å². The fourth-order valence-electron chi connectivity index (χ4n) is 2.52. The first-order valence-electron chi connectivity index (χ1n) is 7.62. The number of hydrogen-bond donors (Lipinski definition) is 1. The lowest BCUT2D eigenvalue weighted by molar-refractivity contribution is 0.414. The summed E-state index contributed by atoms with van der Waals surface area (Å²) in [5.41, 5.74) is 2.61. The standard InChI is InChI=1S/C17H25N3O/c1-4-18-16(11-15-12-19-20(5-2)13-15)10-14-6-8-17(21-3)9-7-14/h6-9,12-13,16,18H,4-5,10-11H2,1-3H3. The summed E-state index contributed by atoms with van der Waals surface area (Å²) in [5, 5.41) is 7.92. The van der Waals surface area contributed by atoms with E-state index in [9.17, 15) is 0 Å². The Morgan fingerprint density at radius 1 is 1.14 bits per heavy atom. The number of rotatable bonds is 8. The van der Waals surface area contributed by atoms with Crippen molar-refractivity contribution in [3.8, 4) is 5.75 Å². The van der Waals surface area contributed by atoms with Crippen molar-refractivity contribution in [2.45, 2.75) is 39.3 Å². The van der Waals surface area contributed by atoms with E-state index in [1.165, 1.54) is 11.1 Å². The summed E-state index contributed by atoms with van der Waals surface area (Å²) in [5.74, 6) is 0.906. The zero-order chi connectivity index (χ0) is 15.1. The molecule has 0 saturated heterocycles. The molecule has 0 amide bonds. The molecule has 0 aliphatic rings. The summed E-state index contributed by atoms with van der Waals surface area (Å²) in [6.45, 7) is 6.15. The number of benzene rings is 1. The molecule has 0 aliphatic heterocycles. The van der Waals surface area contributed by atoms with E-state index < -0.39 is 0 Å². The quantitative estimate of drug-likeness (QED) is 0.811. The van der Waals surface area contributed by atoms with Crippen LogP contribution in [0.3, 0.4) is 0 Å². The van der Waals surface area contributed by atoms with Gasteiger partial charge < -0.3 is 10.1 Å². The molecule has 2 aromatic rings. The Morgan fingerprint density at radius 3 is 2.43 bits per heavy atom. The van der Waals surface area contributed by atoms with Crippen LogP contribution in [0.5, 0.6) is 5.75 Å². The highest BCUT2D eigenvalue weighted by molar-refractivity contribution is 5.28. The third kappa shape index (κ3) is 4.60. The summed E-state index contributed by atoms with van der Waals surface area (Å²) in [4.78, 5) is 0. The van der Waals surface area contributed by atoms with Crippen molar-refractivity contribution < 1.29 is 4.74 Å². The first kappa shape index (κ1) is 15.6. The normalized spacial score (nSPS) is 12.3. The summed E-state index contributed by atoms with van der Waals surface area (Å²) < 4.78 is 7.18. The van der Waals surface area contributed by atoms with Gasteiger partial charge in [-0.2, -0.15) is 5.10 Å². The van der Waals surface area contributed by atoms with Crippen molar-refractivity contribution in [3.63, 3.8) is 0 Å². The Balaban J connectivity index is 2.00. The number of aryl methyl sites for hydroxylation is 1. The van der Waals surface area contributed by atoms with E-state index in [-0.39, 0.29) is 0 Å². The van der Waals surface area contributed by atoms with Crippen molar-refractivity contribution in [3.05, 3.63) is 47.8 Å². The minimum atomic E-state index is 0.429. The number of hydrogen-bond acceptors (Lipinski definition) is 3. The average molecular weight is 287 g/mol. The molecule has 1 atom stereocenters. The Hall–Kier alpha value is -1.81. The van der Waals surface area contributed by atoms with Gasteiger partial charge in [-0.25, -0.2) is 0 Å². The van der Waals surface area contributed by atoms with Crippen molar-refractivity contribution in [2.75, 3.05) is 13.7 Å². The Morgan fingerprint density at radius 2 is 1.86 bits per heavy atom. The molecule has 4 heteroatoms. The van der Waals surface area contributed by atoms with Crippen LogP contribution in [0.15, 0.2) is 36.7 Å². The maximum Gasteiger partial charge on any atom is 0.118 e. The van der Waals surface area contributed by atoms with Crippen molar-refractivity contribution in [1.29, 1.82) is 0 Å². The smallest absolute Gasteiger partial charge is 0.118 e.